The zero-order valence-corrected chi connectivity index (χ0v) is 15.4. The average Bonchev–Trinajstić information content (AvgIpc) is 2.68. The van der Waals surface area contributed by atoms with E-state index in [1.54, 1.807) is 7.11 Å². The molecule has 0 bridgehead atoms. The van der Waals surface area contributed by atoms with E-state index in [9.17, 15) is 12.8 Å². The Morgan fingerprint density at radius 2 is 1.69 bits per heavy atom. The van der Waals surface area contributed by atoms with Gasteiger partial charge in [0, 0.05) is 25.2 Å². The molecule has 140 valence electrons. The summed E-state index contributed by atoms with van der Waals surface area (Å²) in [7, 11) is -2.11. The van der Waals surface area contributed by atoms with Crippen LogP contribution in [0.5, 0.6) is 5.75 Å². The Morgan fingerprint density at radius 3 is 2.27 bits per heavy atom. The minimum absolute atomic E-state index is 0.0517. The highest BCUT2D eigenvalue weighted by molar-refractivity contribution is 7.89. The fraction of sp³-hybridized carbons (Fsp3) is 0.368. The van der Waals surface area contributed by atoms with Crippen LogP contribution in [-0.2, 0) is 20.2 Å². The molecule has 5 nitrogen and oxygen atoms in total. The van der Waals surface area contributed by atoms with E-state index in [-0.39, 0.29) is 16.9 Å². The Hall–Kier alpha value is -1.96. The first-order chi connectivity index (χ1) is 12.5. The Labute approximate surface area is 153 Å². The number of nitrogens with one attached hydrogen (secondary N) is 1. The molecule has 3 rings (SSSR count). The number of benzene rings is 2. The van der Waals surface area contributed by atoms with E-state index in [1.165, 1.54) is 12.1 Å². The maximum atomic E-state index is 13.1. The third kappa shape index (κ3) is 4.06. The Bertz CT molecular complexity index is 829. The van der Waals surface area contributed by atoms with Gasteiger partial charge in [0.2, 0.25) is 10.0 Å². The van der Waals surface area contributed by atoms with E-state index < -0.39 is 15.8 Å². The third-order valence-electron chi connectivity index (χ3n) is 4.88. The van der Waals surface area contributed by atoms with E-state index in [2.05, 4.69) is 4.72 Å². The van der Waals surface area contributed by atoms with Crippen LogP contribution in [0.2, 0.25) is 0 Å². The van der Waals surface area contributed by atoms with Crippen molar-refractivity contribution in [1.29, 1.82) is 0 Å². The number of sulfonamides is 1. The van der Waals surface area contributed by atoms with E-state index in [4.69, 9.17) is 9.47 Å². The molecule has 0 aromatic heterocycles. The first kappa shape index (κ1) is 18.8. The zero-order chi connectivity index (χ0) is 18.6. The predicted octanol–water partition coefficient (Wildman–Crippen LogP) is 2.86. The van der Waals surface area contributed by atoms with Crippen molar-refractivity contribution in [3.05, 3.63) is 59.9 Å². The maximum absolute atomic E-state index is 13.1. The molecule has 26 heavy (non-hydrogen) atoms. The van der Waals surface area contributed by atoms with E-state index in [0.29, 0.717) is 26.1 Å². The van der Waals surface area contributed by atoms with Gasteiger partial charge in [0.05, 0.1) is 12.0 Å². The van der Waals surface area contributed by atoms with Crippen LogP contribution in [0.1, 0.15) is 18.4 Å². The Kier molecular flexibility index (Phi) is 5.60. The van der Waals surface area contributed by atoms with Crippen LogP contribution in [0.25, 0.3) is 0 Å². The quantitative estimate of drug-likeness (QED) is 0.838. The zero-order valence-electron chi connectivity index (χ0n) is 14.6. The summed E-state index contributed by atoms with van der Waals surface area (Å²) in [6, 6.07) is 12.5. The van der Waals surface area contributed by atoms with Crippen molar-refractivity contribution in [2.45, 2.75) is 23.2 Å². The predicted molar refractivity (Wildman–Crippen MR) is 96.3 cm³/mol. The average molecular weight is 379 g/mol. The van der Waals surface area contributed by atoms with Gasteiger partial charge in [-0.2, -0.15) is 0 Å². The number of hydrogen-bond donors (Lipinski definition) is 1. The van der Waals surface area contributed by atoms with Crippen molar-refractivity contribution in [1.82, 2.24) is 4.72 Å². The lowest BCUT2D eigenvalue weighted by Gasteiger charge is -2.38. The number of ether oxygens (including phenoxy) is 2. The molecular formula is C19H22FNO4S. The number of rotatable bonds is 6. The van der Waals surface area contributed by atoms with Gasteiger partial charge < -0.3 is 9.47 Å². The fourth-order valence-corrected chi connectivity index (χ4v) is 4.33. The van der Waals surface area contributed by atoms with Crippen molar-refractivity contribution in [2.24, 2.45) is 0 Å². The van der Waals surface area contributed by atoms with Crippen molar-refractivity contribution in [2.75, 3.05) is 26.9 Å². The summed E-state index contributed by atoms with van der Waals surface area (Å²) in [4.78, 5) is 0.0517. The Balaban J connectivity index is 1.83. The van der Waals surface area contributed by atoms with Crippen molar-refractivity contribution in [3.63, 3.8) is 0 Å². The first-order valence-electron chi connectivity index (χ1n) is 8.43. The molecule has 0 unspecified atom stereocenters. The molecular weight excluding hydrogens is 357 g/mol. The molecule has 2 aromatic carbocycles. The van der Waals surface area contributed by atoms with Crippen LogP contribution in [0.4, 0.5) is 4.39 Å². The van der Waals surface area contributed by atoms with Gasteiger partial charge in [0.25, 0.3) is 0 Å². The second-order valence-corrected chi connectivity index (χ2v) is 8.17. The molecule has 0 spiro atoms. The molecule has 1 saturated heterocycles. The normalized spacial score (nSPS) is 17.0. The van der Waals surface area contributed by atoms with E-state index >= 15 is 0 Å². The molecule has 2 aromatic rings. The lowest BCUT2D eigenvalue weighted by molar-refractivity contribution is 0.0517. The summed E-state index contributed by atoms with van der Waals surface area (Å²) >= 11 is 0. The van der Waals surface area contributed by atoms with Crippen LogP contribution in [-0.4, -0.2) is 35.3 Å². The van der Waals surface area contributed by atoms with Gasteiger partial charge >= 0.3 is 0 Å². The van der Waals surface area contributed by atoms with Gasteiger partial charge in [-0.05, 0) is 54.8 Å². The van der Waals surface area contributed by atoms with E-state index in [0.717, 1.165) is 23.4 Å². The van der Waals surface area contributed by atoms with Gasteiger partial charge in [0.1, 0.15) is 11.6 Å². The van der Waals surface area contributed by atoms with Gasteiger partial charge in [-0.3, -0.25) is 0 Å². The summed E-state index contributed by atoms with van der Waals surface area (Å²) in [5.74, 6) is 0.283. The van der Waals surface area contributed by atoms with Gasteiger partial charge in [0.15, 0.2) is 0 Å². The fourth-order valence-electron chi connectivity index (χ4n) is 3.20. The minimum Gasteiger partial charge on any atom is -0.497 e. The lowest BCUT2D eigenvalue weighted by Crippen LogP contribution is -2.44. The van der Waals surface area contributed by atoms with Crippen LogP contribution < -0.4 is 9.46 Å². The smallest absolute Gasteiger partial charge is 0.240 e. The molecule has 0 saturated carbocycles. The topological polar surface area (TPSA) is 64.6 Å². The lowest BCUT2D eigenvalue weighted by atomic mass is 9.74. The highest BCUT2D eigenvalue weighted by atomic mass is 32.2. The minimum atomic E-state index is -3.72. The maximum Gasteiger partial charge on any atom is 0.240 e. The highest BCUT2D eigenvalue weighted by Crippen LogP contribution is 2.35. The second kappa shape index (κ2) is 7.73. The van der Waals surface area contributed by atoms with Crippen molar-refractivity contribution in [3.8, 4) is 5.75 Å². The molecule has 7 heteroatoms. The molecule has 1 N–H and O–H groups in total. The van der Waals surface area contributed by atoms with Gasteiger partial charge in [-0.25, -0.2) is 17.5 Å². The van der Waals surface area contributed by atoms with Crippen molar-refractivity contribution >= 4 is 10.0 Å². The molecule has 1 fully saturated rings. The van der Waals surface area contributed by atoms with Crippen LogP contribution in [0.15, 0.2) is 53.4 Å². The summed E-state index contributed by atoms with van der Waals surface area (Å²) in [5, 5.41) is 0. The van der Waals surface area contributed by atoms with Crippen LogP contribution >= 0.6 is 0 Å². The summed E-state index contributed by atoms with van der Waals surface area (Å²) in [6.45, 7) is 1.40. The highest BCUT2D eigenvalue weighted by Gasteiger charge is 2.35. The third-order valence-corrected chi connectivity index (χ3v) is 6.29. The SMILES string of the molecule is COc1ccc(C2(CNS(=O)(=O)c3ccc(F)cc3)CCOCC2)cc1. The molecule has 1 heterocycles. The van der Waals surface area contributed by atoms with Crippen LogP contribution in [0.3, 0.4) is 0 Å². The van der Waals surface area contributed by atoms with Gasteiger partial charge in [-0.1, -0.05) is 12.1 Å². The first-order valence-corrected chi connectivity index (χ1v) is 9.91. The molecule has 0 amide bonds. The number of halogens is 1. The largest absolute Gasteiger partial charge is 0.497 e. The van der Waals surface area contributed by atoms with Gasteiger partial charge in [-0.15, -0.1) is 0 Å². The standard InChI is InChI=1S/C19H22FNO4S/c1-24-17-6-2-15(3-7-17)19(10-12-25-13-11-19)14-21-26(22,23)18-8-4-16(20)5-9-18/h2-9,21H,10-14H2,1H3. The molecule has 1 aliphatic rings. The number of methoxy groups -OCH3 is 1. The van der Waals surface area contributed by atoms with Crippen LogP contribution in [0, 0.1) is 5.82 Å². The Morgan fingerprint density at radius 1 is 1.08 bits per heavy atom. The molecule has 0 atom stereocenters. The second-order valence-electron chi connectivity index (χ2n) is 6.40. The molecule has 1 aliphatic heterocycles. The summed E-state index contributed by atoms with van der Waals surface area (Å²) in [5.41, 5.74) is 0.695. The number of hydrogen-bond acceptors (Lipinski definition) is 4. The van der Waals surface area contributed by atoms with E-state index in [1.807, 2.05) is 24.3 Å². The summed E-state index contributed by atoms with van der Waals surface area (Å²) < 4.78 is 51.6. The molecule has 0 aliphatic carbocycles. The monoisotopic (exact) mass is 379 g/mol. The molecule has 0 radical (unpaired) electrons. The summed E-state index contributed by atoms with van der Waals surface area (Å²) in [6.07, 6.45) is 1.43. The van der Waals surface area contributed by atoms with Crippen molar-refractivity contribution < 1.29 is 22.3 Å².